The number of hydrogen-bond donors (Lipinski definition) is 1. The van der Waals surface area contributed by atoms with Crippen molar-refractivity contribution >= 4 is 6.21 Å². The second-order valence-corrected chi connectivity index (χ2v) is 6.93. The van der Waals surface area contributed by atoms with Gasteiger partial charge in [0.1, 0.15) is 5.75 Å². The van der Waals surface area contributed by atoms with E-state index >= 15 is 0 Å². The van der Waals surface area contributed by atoms with Crippen molar-refractivity contribution in [3.63, 3.8) is 0 Å². The molecule has 110 valence electrons. The molecule has 0 aromatic heterocycles. The zero-order valence-corrected chi connectivity index (χ0v) is 13.0. The van der Waals surface area contributed by atoms with Crippen molar-refractivity contribution in [2.75, 3.05) is 6.61 Å². The zero-order valence-electron chi connectivity index (χ0n) is 13.0. The van der Waals surface area contributed by atoms with Crippen LogP contribution < -0.4 is 4.74 Å². The Morgan fingerprint density at radius 1 is 1.20 bits per heavy atom. The van der Waals surface area contributed by atoms with E-state index < -0.39 is 0 Å². The molecule has 1 aromatic rings. The Balaban J connectivity index is 2.17. The fraction of sp³-hybridized carbons (Fsp3) is 0.611. The highest BCUT2D eigenvalue weighted by molar-refractivity contribution is 5.82. The van der Waals surface area contributed by atoms with Crippen LogP contribution in [0.5, 0.6) is 5.75 Å². The molecule has 0 aliphatic heterocycles. The number of hydrogen-bond acceptors (Lipinski definition) is 2. The van der Waals surface area contributed by atoms with Gasteiger partial charge >= 0.3 is 0 Å². The highest BCUT2D eigenvalue weighted by Gasteiger charge is 2.22. The largest absolute Gasteiger partial charge is 0.492 e. The Bertz CT molecular complexity index is 453. The van der Waals surface area contributed by atoms with Crippen molar-refractivity contribution in [1.29, 1.82) is 5.41 Å². The molecule has 0 amide bonds. The third-order valence-electron chi connectivity index (χ3n) is 4.20. The number of nitrogens with one attached hydrogen (secondary N) is 1. The summed E-state index contributed by atoms with van der Waals surface area (Å²) >= 11 is 0. The molecule has 0 unspecified atom stereocenters. The van der Waals surface area contributed by atoms with Gasteiger partial charge in [0.15, 0.2) is 0 Å². The van der Waals surface area contributed by atoms with Crippen LogP contribution in [0.2, 0.25) is 0 Å². The monoisotopic (exact) mass is 273 g/mol. The van der Waals surface area contributed by atoms with E-state index in [0.29, 0.717) is 5.92 Å². The van der Waals surface area contributed by atoms with Crippen molar-refractivity contribution in [1.82, 2.24) is 0 Å². The second kappa shape index (κ2) is 6.43. The quantitative estimate of drug-likeness (QED) is 0.774. The van der Waals surface area contributed by atoms with Crippen LogP contribution in [0.3, 0.4) is 0 Å². The van der Waals surface area contributed by atoms with E-state index in [1.807, 2.05) is 12.1 Å². The number of ether oxygens (including phenoxy) is 1. The van der Waals surface area contributed by atoms with Crippen LogP contribution in [0, 0.1) is 11.3 Å². The van der Waals surface area contributed by atoms with Gasteiger partial charge in [-0.3, -0.25) is 0 Å². The lowest BCUT2D eigenvalue weighted by Gasteiger charge is -2.27. The van der Waals surface area contributed by atoms with Gasteiger partial charge in [0.25, 0.3) is 0 Å². The van der Waals surface area contributed by atoms with Gasteiger partial charge in [-0.25, -0.2) is 0 Å². The van der Waals surface area contributed by atoms with Crippen LogP contribution in [0.15, 0.2) is 18.2 Å². The molecule has 0 atom stereocenters. The summed E-state index contributed by atoms with van der Waals surface area (Å²) in [5, 5.41) is 7.60. The van der Waals surface area contributed by atoms with Crippen LogP contribution in [-0.2, 0) is 5.41 Å². The second-order valence-electron chi connectivity index (χ2n) is 6.93. The highest BCUT2D eigenvalue weighted by Crippen LogP contribution is 2.34. The van der Waals surface area contributed by atoms with Crippen LogP contribution in [0.25, 0.3) is 0 Å². The molecular formula is C18H27NO. The van der Waals surface area contributed by atoms with E-state index in [9.17, 15) is 0 Å². The molecule has 2 rings (SSSR count). The van der Waals surface area contributed by atoms with E-state index in [2.05, 4.69) is 26.8 Å². The molecule has 0 saturated heterocycles. The molecule has 0 spiro atoms. The van der Waals surface area contributed by atoms with Crippen molar-refractivity contribution in [3.05, 3.63) is 29.3 Å². The first kappa shape index (κ1) is 15.1. The van der Waals surface area contributed by atoms with Gasteiger partial charge in [-0.2, -0.15) is 0 Å². The lowest BCUT2D eigenvalue weighted by molar-refractivity contribution is 0.205. The third kappa shape index (κ3) is 3.62. The SMILES string of the molecule is CC(C)(C)c1cccc(C=N)c1OCC1CCCCC1. The lowest BCUT2D eigenvalue weighted by atomic mass is 9.85. The minimum absolute atomic E-state index is 0.0426. The molecule has 0 bridgehead atoms. The van der Waals surface area contributed by atoms with Gasteiger partial charge in [-0.1, -0.05) is 52.2 Å². The van der Waals surface area contributed by atoms with E-state index in [0.717, 1.165) is 17.9 Å². The molecule has 2 nitrogen and oxygen atoms in total. The molecular weight excluding hydrogens is 246 g/mol. The van der Waals surface area contributed by atoms with Crippen LogP contribution >= 0.6 is 0 Å². The summed E-state index contributed by atoms with van der Waals surface area (Å²) in [5.74, 6) is 1.61. The first-order valence-electron chi connectivity index (χ1n) is 7.79. The first-order valence-corrected chi connectivity index (χ1v) is 7.79. The molecule has 20 heavy (non-hydrogen) atoms. The van der Waals surface area contributed by atoms with Gasteiger partial charge in [0, 0.05) is 17.3 Å². The van der Waals surface area contributed by atoms with E-state index in [1.165, 1.54) is 43.9 Å². The summed E-state index contributed by atoms with van der Waals surface area (Å²) in [7, 11) is 0. The van der Waals surface area contributed by atoms with E-state index in [1.54, 1.807) is 0 Å². The van der Waals surface area contributed by atoms with Crippen molar-refractivity contribution in [3.8, 4) is 5.75 Å². The maximum absolute atomic E-state index is 7.60. The average Bonchev–Trinajstić information content (AvgIpc) is 2.44. The topological polar surface area (TPSA) is 33.1 Å². The lowest BCUT2D eigenvalue weighted by Crippen LogP contribution is -2.19. The molecule has 1 aliphatic carbocycles. The summed E-state index contributed by atoms with van der Waals surface area (Å²) in [5.41, 5.74) is 2.14. The first-order chi connectivity index (χ1) is 9.52. The van der Waals surface area contributed by atoms with Gasteiger partial charge < -0.3 is 10.1 Å². The normalized spacial score (nSPS) is 16.9. The minimum Gasteiger partial charge on any atom is -0.492 e. The Morgan fingerprint density at radius 3 is 2.50 bits per heavy atom. The van der Waals surface area contributed by atoms with Crippen molar-refractivity contribution < 1.29 is 4.74 Å². The molecule has 1 fully saturated rings. The molecule has 1 aromatic carbocycles. The average molecular weight is 273 g/mol. The summed E-state index contributed by atoms with van der Waals surface area (Å²) in [4.78, 5) is 0. The summed E-state index contributed by atoms with van der Waals surface area (Å²) < 4.78 is 6.17. The Labute approximate surface area is 123 Å². The maximum Gasteiger partial charge on any atom is 0.131 e. The van der Waals surface area contributed by atoms with Crippen LogP contribution in [-0.4, -0.2) is 12.8 Å². The summed E-state index contributed by atoms with van der Waals surface area (Å²) in [6.45, 7) is 7.39. The summed E-state index contributed by atoms with van der Waals surface area (Å²) in [6.07, 6.45) is 8.04. The predicted octanol–water partition coefficient (Wildman–Crippen LogP) is 4.94. The minimum atomic E-state index is 0.0426. The molecule has 1 aliphatic rings. The Kier molecular flexibility index (Phi) is 4.85. The molecule has 0 heterocycles. The predicted molar refractivity (Wildman–Crippen MR) is 85.1 cm³/mol. The third-order valence-corrected chi connectivity index (χ3v) is 4.20. The summed E-state index contributed by atoms with van der Waals surface area (Å²) in [6, 6.07) is 6.12. The maximum atomic E-state index is 7.60. The Morgan fingerprint density at radius 2 is 1.90 bits per heavy atom. The van der Waals surface area contributed by atoms with Gasteiger partial charge in [0.2, 0.25) is 0 Å². The van der Waals surface area contributed by atoms with Gasteiger partial charge in [0.05, 0.1) is 6.61 Å². The highest BCUT2D eigenvalue weighted by atomic mass is 16.5. The zero-order chi connectivity index (χ0) is 14.6. The number of rotatable bonds is 4. The van der Waals surface area contributed by atoms with Crippen molar-refractivity contribution in [2.45, 2.75) is 58.3 Å². The molecule has 1 saturated carbocycles. The molecule has 0 radical (unpaired) electrons. The Hall–Kier alpha value is -1.31. The molecule has 2 heteroatoms. The number of para-hydroxylation sites is 1. The van der Waals surface area contributed by atoms with Crippen molar-refractivity contribution in [2.24, 2.45) is 5.92 Å². The standard InChI is InChI=1S/C18H27NO/c1-18(2,3)16-11-7-10-15(12-19)17(16)20-13-14-8-5-4-6-9-14/h7,10-12,14,19H,4-6,8-9,13H2,1-3H3. The fourth-order valence-corrected chi connectivity index (χ4v) is 2.98. The smallest absolute Gasteiger partial charge is 0.131 e. The van der Waals surface area contributed by atoms with Crippen LogP contribution in [0.4, 0.5) is 0 Å². The van der Waals surface area contributed by atoms with Gasteiger partial charge in [-0.05, 0) is 30.2 Å². The van der Waals surface area contributed by atoms with Crippen LogP contribution in [0.1, 0.15) is 64.0 Å². The number of benzene rings is 1. The fourth-order valence-electron chi connectivity index (χ4n) is 2.98. The van der Waals surface area contributed by atoms with E-state index in [4.69, 9.17) is 10.1 Å². The van der Waals surface area contributed by atoms with E-state index in [-0.39, 0.29) is 5.41 Å². The molecule has 1 N–H and O–H groups in total. The van der Waals surface area contributed by atoms with Gasteiger partial charge in [-0.15, -0.1) is 0 Å².